The zero-order valence-electron chi connectivity index (χ0n) is 57.8. The third-order valence-electron chi connectivity index (χ3n) is 18.0. The Kier molecular flexibility index (Phi) is 28.0. The third-order valence-corrected chi connectivity index (χ3v) is 19.0. The minimum atomic E-state index is -0.307. The molecule has 0 amide bonds. The van der Waals surface area contributed by atoms with Gasteiger partial charge in [0.05, 0.1) is 43.6 Å². The fourth-order valence-corrected chi connectivity index (χ4v) is 13.1. The van der Waals surface area contributed by atoms with E-state index in [1.54, 1.807) is 53.1 Å². The maximum atomic E-state index is 13.3. The molecular formula is C80H79Br2Cl2F3N12O4. The van der Waals surface area contributed by atoms with E-state index in [0.717, 1.165) is 171 Å². The predicted octanol–water partition coefficient (Wildman–Crippen LogP) is 12.4. The highest BCUT2D eigenvalue weighted by Crippen LogP contribution is 2.21. The molecule has 0 saturated heterocycles. The summed E-state index contributed by atoms with van der Waals surface area (Å²) in [5, 5.41) is 2.64. The Morgan fingerprint density at radius 3 is 1.00 bits per heavy atom. The standard InChI is InChI=1S/2C22H20FN3O.2C14H16BrN3O.C8H5F.2ClH/c1-25-11-3-12-26-21(10-13-25)24-20-15-17(8-9-19(20)22(26)27)7-6-16-4-2-5-18(23)14-16;1-25-11-3-6-21-24-20-15-17(8-7-16-4-2-5-18(23)14-16)9-10-19(20)22(27)26(21)13-12-25;1-17-6-2-7-18-13(5-8-17)16-12-9-10(15)3-4-11(12)14(18)19;1-17-6-2-3-13-16-12-9-10(15)4-5-11(12)14(19)18(13)8-7-17;1-2-7-4-3-5-8(9)6-7;;/h2,4-5,8-9,14-15H,3,10-13H2,1H3;2,4-5,9-10,14-15H,3,6,11-13H2,1H3;3-4,9H,2,5-8H2,1H3;4-5,9H,2-3,6-8H2,1H3;1,3-6H;2*1H. The van der Waals surface area contributed by atoms with E-state index in [1.165, 1.54) is 36.4 Å². The molecule has 0 unspecified atom stereocenters. The average Bonchev–Trinajstić information content (AvgIpc) is 0.812. The molecule has 4 aliphatic heterocycles. The van der Waals surface area contributed by atoms with Crippen LogP contribution in [0, 0.1) is 53.5 Å². The van der Waals surface area contributed by atoms with Gasteiger partial charge in [0.1, 0.15) is 40.7 Å². The molecule has 15 rings (SSSR count). The Morgan fingerprint density at radius 1 is 0.340 bits per heavy atom. The van der Waals surface area contributed by atoms with Crippen LogP contribution in [0.15, 0.2) is 174 Å². The van der Waals surface area contributed by atoms with Crippen LogP contribution in [0.3, 0.4) is 0 Å². The first kappa shape index (κ1) is 78.1. The number of rotatable bonds is 0. The van der Waals surface area contributed by atoms with Crippen LogP contribution in [-0.2, 0) is 51.9 Å². The molecule has 0 atom stereocenters. The molecule has 0 radical (unpaired) electrons. The number of likely N-dealkylation sites (N-methyl/N-ethyl adjacent to an activating group) is 4. The molecule has 532 valence electrons. The van der Waals surface area contributed by atoms with Gasteiger partial charge in [0, 0.05) is 115 Å². The van der Waals surface area contributed by atoms with E-state index in [-0.39, 0.29) is 64.5 Å². The number of benzene rings is 7. The van der Waals surface area contributed by atoms with E-state index in [9.17, 15) is 32.3 Å². The third kappa shape index (κ3) is 20.7. The van der Waals surface area contributed by atoms with Crippen molar-refractivity contribution < 1.29 is 13.2 Å². The van der Waals surface area contributed by atoms with Gasteiger partial charge in [-0.1, -0.05) is 79.7 Å². The van der Waals surface area contributed by atoms with Crippen molar-refractivity contribution in [3.8, 4) is 36.0 Å². The van der Waals surface area contributed by atoms with E-state index in [2.05, 4.69) is 119 Å². The second-order valence-electron chi connectivity index (χ2n) is 25.5. The van der Waals surface area contributed by atoms with Gasteiger partial charge in [-0.15, -0.1) is 31.2 Å². The van der Waals surface area contributed by atoms with Gasteiger partial charge in [-0.25, -0.2) is 33.1 Å². The van der Waals surface area contributed by atoms with Crippen LogP contribution >= 0.6 is 56.7 Å². The fourth-order valence-electron chi connectivity index (χ4n) is 12.4. The van der Waals surface area contributed by atoms with Crippen LogP contribution in [0.25, 0.3) is 43.6 Å². The second-order valence-corrected chi connectivity index (χ2v) is 27.4. The minimum Gasteiger partial charge on any atom is -0.306 e. The molecule has 0 N–H and O–H groups in total. The van der Waals surface area contributed by atoms with Gasteiger partial charge >= 0.3 is 0 Å². The van der Waals surface area contributed by atoms with Crippen LogP contribution in [0.4, 0.5) is 13.2 Å². The number of aryl methyl sites for hydroxylation is 2. The molecule has 0 bridgehead atoms. The lowest BCUT2D eigenvalue weighted by Gasteiger charge is -2.22. The number of nitrogens with zero attached hydrogens (tertiary/aromatic N) is 12. The minimum absolute atomic E-state index is 0. The van der Waals surface area contributed by atoms with Gasteiger partial charge in [-0.05, 0) is 207 Å². The van der Waals surface area contributed by atoms with Crippen LogP contribution < -0.4 is 22.2 Å². The summed E-state index contributed by atoms with van der Waals surface area (Å²) >= 11 is 6.87. The first-order chi connectivity index (χ1) is 48.8. The Balaban J connectivity index is 0.000000154. The van der Waals surface area contributed by atoms with Crippen molar-refractivity contribution in [1.82, 2.24) is 57.8 Å². The highest BCUT2D eigenvalue weighted by Gasteiger charge is 2.20. The van der Waals surface area contributed by atoms with Gasteiger partial charge in [-0.2, -0.15) is 0 Å². The number of halogens is 7. The van der Waals surface area contributed by atoms with Crippen LogP contribution in [-0.4, -0.2) is 138 Å². The Morgan fingerprint density at radius 2 is 0.641 bits per heavy atom. The molecule has 0 aliphatic carbocycles. The molecule has 23 heteroatoms. The molecule has 0 saturated carbocycles. The highest BCUT2D eigenvalue weighted by atomic mass is 79.9. The molecule has 0 fully saturated rings. The van der Waals surface area contributed by atoms with Crippen LogP contribution in [0.1, 0.15) is 76.8 Å². The summed E-state index contributed by atoms with van der Waals surface area (Å²) in [6.45, 7) is 10.5. The van der Waals surface area contributed by atoms with Gasteiger partial charge in [0.15, 0.2) is 0 Å². The molecule has 4 aromatic heterocycles. The smallest absolute Gasteiger partial charge is 0.261 e. The molecule has 103 heavy (non-hydrogen) atoms. The van der Waals surface area contributed by atoms with E-state index >= 15 is 0 Å². The molecule has 11 aromatic rings. The van der Waals surface area contributed by atoms with E-state index < -0.39 is 0 Å². The summed E-state index contributed by atoms with van der Waals surface area (Å²) in [7, 11) is 8.38. The largest absolute Gasteiger partial charge is 0.306 e. The topological polar surface area (TPSA) is 153 Å². The van der Waals surface area contributed by atoms with E-state index in [4.69, 9.17) is 16.4 Å². The van der Waals surface area contributed by atoms with Crippen molar-refractivity contribution in [2.24, 2.45) is 0 Å². The van der Waals surface area contributed by atoms with Crippen molar-refractivity contribution >= 4 is 100 Å². The normalized spacial score (nSPS) is 14.7. The molecular weight excluding hydrogens is 1480 g/mol. The summed E-state index contributed by atoms with van der Waals surface area (Å²) in [5.41, 5.74) is 6.45. The number of fused-ring (bicyclic) bond motifs is 8. The van der Waals surface area contributed by atoms with E-state index in [1.807, 2.05) is 74.4 Å². The Hall–Kier alpha value is -9.05. The van der Waals surface area contributed by atoms with Gasteiger partial charge < -0.3 is 19.6 Å². The Bertz CT molecular complexity index is 5330. The summed E-state index contributed by atoms with van der Waals surface area (Å²) in [4.78, 5) is 78.8. The monoisotopic (exact) mass is 1560 g/mol. The van der Waals surface area contributed by atoms with Crippen molar-refractivity contribution in [3.63, 3.8) is 0 Å². The number of hydrogen-bond acceptors (Lipinski definition) is 12. The molecule has 4 aliphatic rings. The molecule has 7 aromatic carbocycles. The highest BCUT2D eigenvalue weighted by molar-refractivity contribution is 9.10. The van der Waals surface area contributed by atoms with Crippen molar-refractivity contribution in [1.29, 1.82) is 0 Å². The Labute approximate surface area is 625 Å². The van der Waals surface area contributed by atoms with Crippen molar-refractivity contribution in [2.75, 3.05) is 80.5 Å². The second kappa shape index (κ2) is 36.9. The summed E-state index contributed by atoms with van der Waals surface area (Å²) in [6, 6.07) is 40.6. The van der Waals surface area contributed by atoms with Crippen molar-refractivity contribution in [3.05, 3.63) is 265 Å². The quantitative estimate of drug-likeness (QED) is 0.133. The fraction of sp³-hybridized carbons (Fsp3) is 0.300. The first-order valence-electron chi connectivity index (χ1n) is 33.8. The average molecular weight is 1560 g/mol. The lowest BCUT2D eigenvalue weighted by atomic mass is 10.1. The van der Waals surface area contributed by atoms with Crippen molar-refractivity contribution in [2.45, 2.75) is 77.5 Å². The van der Waals surface area contributed by atoms with Gasteiger partial charge in [0.2, 0.25) is 0 Å². The maximum absolute atomic E-state index is 13.3. The number of terminal acetylenes is 1. The molecule has 0 spiro atoms. The zero-order chi connectivity index (χ0) is 71.1. The molecule has 8 heterocycles. The zero-order valence-corrected chi connectivity index (χ0v) is 62.6. The first-order valence-corrected chi connectivity index (χ1v) is 35.4. The lowest BCUT2D eigenvalue weighted by molar-refractivity contribution is 0.295. The van der Waals surface area contributed by atoms with Gasteiger partial charge in [0.25, 0.3) is 22.2 Å². The summed E-state index contributed by atoms with van der Waals surface area (Å²) in [5.74, 6) is 16.9. The number of aromatic nitrogens is 8. The summed E-state index contributed by atoms with van der Waals surface area (Å²) < 4.78 is 48.0. The lowest BCUT2D eigenvalue weighted by Crippen LogP contribution is -2.34. The van der Waals surface area contributed by atoms with Crippen LogP contribution in [0.5, 0.6) is 0 Å². The van der Waals surface area contributed by atoms with Crippen LogP contribution in [0.2, 0.25) is 0 Å². The van der Waals surface area contributed by atoms with Gasteiger partial charge in [-0.3, -0.25) is 37.4 Å². The number of hydrogen-bond donors (Lipinski definition) is 0. The maximum Gasteiger partial charge on any atom is 0.261 e. The predicted molar refractivity (Wildman–Crippen MR) is 416 cm³/mol. The SMILES string of the molecule is C#Cc1cccc(F)c1.CN1CCCc2nc3cc(Br)ccc3c(=O)n2CC1.CN1CCCc2nc3cc(C#Cc4cccc(F)c4)ccc3c(=O)n2CC1.CN1CCCn2c(nc3cc(Br)ccc3c2=O)CC1.CN1CCCn2c(nc3cc(C#Cc4cccc(F)c4)ccc3c2=O)CC1.Cl.Cl. The van der Waals surface area contributed by atoms with E-state index in [0.29, 0.717) is 62.4 Å². The molecule has 16 nitrogen and oxygen atoms in total. The summed E-state index contributed by atoms with van der Waals surface area (Å²) in [6.07, 6.45) is 12.2.